The first-order chi connectivity index (χ1) is 8.97. The highest BCUT2D eigenvalue weighted by atomic mass is 16.1. The van der Waals surface area contributed by atoms with Crippen molar-refractivity contribution in [1.82, 2.24) is 0 Å². The molecular formula is C15H23N3O. The van der Waals surface area contributed by atoms with Gasteiger partial charge in [0.25, 0.3) is 0 Å². The summed E-state index contributed by atoms with van der Waals surface area (Å²) in [5.41, 5.74) is 9.75. The lowest BCUT2D eigenvalue weighted by Crippen LogP contribution is -2.20. The summed E-state index contributed by atoms with van der Waals surface area (Å²) in [5.74, 6) is 1.29. The molecule has 0 aliphatic carbocycles. The summed E-state index contributed by atoms with van der Waals surface area (Å²) in [6, 6.07) is 3.92. The second kappa shape index (κ2) is 5.51. The Bertz CT molecular complexity index is 483. The summed E-state index contributed by atoms with van der Waals surface area (Å²) in [7, 11) is 0. The Morgan fingerprint density at radius 1 is 1.32 bits per heavy atom. The van der Waals surface area contributed by atoms with Gasteiger partial charge in [-0.3, -0.25) is 4.79 Å². The molecule has 0 bridgehead atoms. The predicted molar refractivity (Wildman–Crippen MR) is 80.3 cm³/mol. The van der Waals surface area contributed by atoms with Crippen LogP contribution in [-0.4, -0.2) is 12.5 Å². The number of hydrogen-bond acceptors (Lipinski definition) is 3. The molecule has 1 aromatic carbocycles. The lowest BCUT2D eigenvalue weighted by Gasteiger charge is -2.22. The van der Waals surface area contributed by atoms with E-state index in [1.165, 1.54) is 0 Å². The summed E-state index contributed by atoms with van der Waals surface area (Å²) in [5, 5.41) is 6.29. The number of anilines is 3. The van der Waals surface area contributed by atoms with Crippen molar-refractivity contribution in [2.24, 2.45) is 11.8 Å². The number of nitrogens with two attached hydrogens (primary N) is 1. The molecule has 19 heavy (non-hydrogen) atoms. The Labute approximate surface area is 114 Å². The van der Waals surface area contributed by atoms with Gasteiger partial charge < -0.3 is 16.4 Å². The number of nitrogen functional groups attached to an aromatic ring is 1. The molecule has 2 rings (SSSR count). The Morgan fingerprint density at radius 2 is 2.05 bits per heavy atom. The van der Waals surface area contributed by atoms with Crippen LogP contribution in [0.15, 0.2) is 12.1 Å². The first kappa shape index (κ1) is 13.7. The van der Waals surface area contributed by atoms with Gasteiger partial charge >= 0.3 is 0 Å². The molecule has 0 aromatic heterocycles. The van der Waals surface area contributed by atoms with Crippen LogP contribution in [0, 0.1) is 11.8 Å². The van der Waals surface area contributed by atoms with Crippen molar-refractivity contribution in [3.8, 4) is 0 Å². The zero-order chi connectivity index (χ0) is 14.0. The number of benzene rings is 1. The molecular weight excluding hydrogens is 238 g/mol. The maximum absolute atomic E-state index is 11.4. The third-order valence-corrected chi connectivity index (χ3v) is 3.92. The summed E-state index contributed by atoms with van der Waals surface area (Å²) in [6.45, 7) is 7.52. The van der Waals surface area contributed by atoms with Crippen molar-refractivity contribution in [2.45, 2.75) is 33.6 Å². The summed E-state index contributed by atoms with van der Waals surface area (Å²) >= 11 is 0. The highest BCUT2D eigenvalue weighted by Gasteiger charge is 2.17. The number of rotatable bonds is 4. The molecule has 4 heteroatoms. The highest BCUT2D eigenvalue weighted by Crippen LogP contribution is 2.31. The third kappa shape index (κ3) is 3.19. The molecule has 0 fully saturated rings. The van der Waals surface area contributed by atoms with Crippen LogP contribution in [0.5, 0.6) is 0 Å². The van der Waals surface area contributed by atoms with Gasteiger partial charge in [0.05, 0.1) is 11.4 Å². The van der Waals surface area contributed by atoms with E-state index in [9.17, 15) is 4.79 Å². The SMILES string of the molecule is CC(C)C(C)CNc1cc2c(cc1N)CCC(=O)N2. The molecule has 1 aliphatic rings. The highest BCUT2D eigenvalue weighted by molar-refractivity contribution is 5.95. The topological polar surface area (TPSA) is 67.1 Å². The number of aryl methyl sites for hydroxylation is 1. The summed E-state index contributed by atoms with van der Waals surface area (Å²) in [6.07, 6.45) is 1.32. The van der Waals surface area contributed by atoms with E-state index in [-0.39, 0.29) is 5.91 Å². The van der Waals surface area contributed by atoms with Crippen molar-refractivity contribution in [2.75, 3.05) is 22.9 Å². The van der Waals surface area contributed by atoms with Gasteiger partial charge in [0.2, 0.25) is 5.91 Å². The van der Waals surface area contributed by atoms with E-state index >= 15 is 0 Å². The lowest BCUT2D eigenvalue weighted by atomic mass is 9.97. The maximum atomic E-state index is 11.4. The van der Waals surface area contributed by atoms with Crippen molar-refractivity contribution < 1.29 is 4.79 Å². The van der Waals surface area contributed by atoms with E-state index in [1.54, 1.807) is 0 Å². The minimum Gasteiger partial charge on any atom is -0.397 e. The molecule has 4 N–H and O–H groups in total. The normalized spacial score (nSPS) is 15.9. The molecule has 1 unspecified atom stereocenters. The first-order valence-corrected chi connectivity index (χ1v) is 6.93. The van der Waals surface area contributed by atoms with Gasteiger partial charge in [-0.25, -0.2) is 0 Å². The average molecular weight is 261 g/mol. The fourth-order valence-corrected chi connectivity index (χ4v) is 2.11. The average Bonchev–Trinajstić information content (AvgIpc) is 2.36. The number of carbonyl (C=O) groups is 1. The van der Waals surface area contributed by atoms with Gasteiger partial charge in [-0.15, -0.1) is 0 Å². The van der Waals surface area contributed by atoms with Gasteiger partial charge in [-0.05, 0) is 36.0 Å². The summed E-state index contributed by atoms with van der Waals surface area (Å²) in [4.78, 5) is 11.4. The van der Waals surface area contributed by atoms with Crippen molar-refractivity contribution in [3.63, 3.8) is 0 Å². The molecule has 0 spiro atoms. The van der Waals surface area contributed by atoms with Gasteiger partial charge in [0.15, 0.2) is 0 Å². The maximum Gasteiger partial charge on any atom is 0.224 e. The molecule has 4 nitrogen and oxygen atoms in total. The van der Waals surface area contributed by atoms with Gasteiger partial charge in [0.1, 0.15) is 0 Å². The van der Waals surface area contributed by atoms with E-state index in [0.717, 1.165) is 35.6 Å². The van der Waals surface area contributed by atoms with E-state index in [2.05, 4.69) is 31.4 Å². The molecule has 1 aromatic rings. The van der Waals surface area contributed by atoms with Gasteiger partial charge in [0, 0.05) is 18.7 Å². The minimum absolute atomic E-state index is 0.0822. The Balaban J connectivity index is 2.13. The second-order valence-corrected chi connectivity index (χ2v) is 5.75. The molecule has 1 heterocycles. The van der Waals surface area contributed by atoms with Crippen molar-refractivity contribution in [1.29, 1.82) is 0 Å². The molecule has 0 radical (unpaired) electrons. The van der Waals surface area contributed by atoms with E-state index in [4.69, 9.17) is 5.73 Å². The number of hydrogen-bond donors (Lipinski definition) is 3. The fraction of sp³-hybridized carbons (Fsp3) is 0.533. The fourth-order valence-electron chi connectivity index (χ4n) is 2.11. The predicted octanol–water partition coefficient (Wildman–Crippen LogP) is 2.86. The van der Waals surface area contributed by atoms with Crippen LogP contribution >= 0.6 is 0 Å². The number of fused-ring (bicyclic) bond motifs is 1. The van der Waals surface area contributed by atoms with Crippen molar-refractivity contribution >= 4 is 23.0 Å². The quantitative estimate of drug-likeness (QED) is 0.730. The van der Waals surface area contributed by atoms with Crippen LogP contribution in [0.3, 0.4) is 0 Å². The van der Waals surface area contributed by atoms with Crippen LogP contribution in [0.1, 0.15) is 32.8 Å². The van der Waals surface area contributed by atoms with Crippen LogP contribution in [0.2, 0.25) is 0 Å². The Kier molecular flexibility index (Phi) is 3.98. The molecule has 104 valence electrons. The largest absolute Gasteiger partial charge is 0.397 e. The minimum atomic E-state index is 0.0822. The van der Waals surface area contributed by atoms with E-state index in [1.807, 2.05) is 12.1 Å². The number of amides is 1. The zero-order valence-electron chi connectivity index (χ0n) is 11.9. The number of carbonyl (C=O) groups excluding carboxylic acids is 1. The van der Waals surface area contributed by atoms with Crippen LogP contribution < -0.4 is 16.4 Å². The molecule has 1 amide bonds. The Morgan fingerprint density at radius 3 is 2.74 bits per heavy atom. The molecule has 0 saturated heterocycles. The van der Waals surface area contributed by atoms with E-state index in [0.29, 0.717) is 18.3 Å². The molecule has 1 aliphatic heterocycles. The second-order valence-electron chi connectivity index (χ2n) is 5.75. The molecule has 1 atom stereocenters. The monoisotopic (exact) mass is 261 g/mol. The smallest absolute Gasteiger partial charge is 0.224 e. The molecule has 0 saturated carbocycles. The zero-order valence-corrected chi connectivity index (χ0v) is 11.9. The first-order valence-electron chi connectivity index (χ1n) is 6.93. The standard InChI is InChI=1S/C15H23N3O/c1-9(2)10(3)8-17-14-7-13-11(6-12(14)16)4-5-15(19)18-13/h6-7,9-10,17H,4-5,8,16H2,1-3H3,(H,18,19). The van der Waals surface area contributed by atoms with Crippen molar-refractivity contribution in [3.05, 3.63) is 17.7 Å². The van der Waals surface area contributed by atoms with Crippen LogP contribution in [-0.2, 0) is 11.2 Å². The van der Waals surface area contributed by atoms with Crippen LogP contribution in [0.25, 0.3) is 0 Å². The van der Waals surface area contributed by atoms with Crippen LogP contribution in [0.4, 0.5) is 17.1 Å². The summed E-state index contributed by atoms with van der Waals surface area (Å²) < 4.78 is 0. The Hall–Kier alpha value is -1.71. The van der Waals surface area contributed by atoms with E-state index < -0.39 is 0 Å². The lowest BCUT2D eigenvalue weighted by molar-refractivity contribution is -0.116. The third-order valence-electron chi connectivity index (χ3n) is 3.92. The van der Waals surface area contributed by atoms with Gasteiger partial charge in [-0.2, -0.15) is 0 Å². The number of nitrogens with one attached hydrogen (secondary N) is 2. The van der Waals surface area contributed by atoms with Gasteiger partial charge in [-0.1, -0.05) is 20.8 Å².